The number of hydrogen-bond donors (Lipinski definition) is 1. The van der Waals surface area contributed by atoms with E-state index in [0.29, 0.717) is 12.0 Å². The highest BCUT2D eigenvalue weighted by molar-refractivity contribution is 4.76. The van der Waals surface area contributed by atoms with Gasteiger partial charge in [0.25, 0.3) is 0 Å². The third-order valence-corrected chi connectivity index (χ3v) is 3.46. The van der Waals surface area contributed by atoms with Crippen LogP contribution in [0.25, 0.3) is 0 Å². The summed E-state index contributed by atoms with van der Waals surface area (Å²) in [5.41, 5.74) is 6.14. The molecule has 0 bridgehead atoms. The van der Waals surface area contributed by atoms with Crippen LogP contribution in [-0.2, 0) is 4.74 Å². The van der Waals surface area contributed by atoms with Gasteiger partial charge in [0.05, 0.1) is 6.61 Å². The molecule has 2 atom stereocenters. The lowest BCUT2D eigenvalue weighted by Crippen LogP contribution is -2.30. The second kappa shape index (κ2) is 8.12. The van der Waals surface area contributed by atoms with Crippen LogP contribution in [0.5, 0.6) is 0 Å². The van der Waals surface area contributed by atoms with Gasteiger partial charge in [0.1, 0.15) is 0 Å². The molecule has 1 aliphatic rings. The SMILES string of the molecule is CCCCCCCCC(N)C1CCOC1. The van der Waals surface area contributed by atoms with Crippen LogP contribution in [0.3, 0.4) is 0 Å². The van der Waals surface area contributed by atoms with Gasteiger partial charge in [-0.1, -0.05) is 45.4 Å². The third-order valence-electron chi connectivity index (χ3n) is 3.46. The number of ether oxygens (including phenoxy) is 1. The average Bonchev–Trinajstić information content (AvgIpc) is 2.76. The zero-order valence-corrected chi connectivity index (χ0v) is 10.2. The molecule has 90 valence electrons. The summed E-state index contributed by atoms with van der Waals surface area (Å²) in [4.78, 5) is 0. The van der Waals surface area contributed by atoms with Gasteiger partial charge >= 0.3 is 0 Å². The lowest BCUT2D eigenvalue weighted by Gasteiger charge is -2.17. The van der Waals surface area contributed by atoms with Crippen LogP contribution in [0.15, 0.2) is 0 Å². The largest absolute Gasteiger partial charge is 0.381 e. The highest BCUT2D eigenvalue weighted by Gasteiger charge is 2.21. The van der Waals surface area contributed by atoms with Crippen molar-refractivity contribution in [2.24, 2.45) is 11.7 Å². The molecule has 0 amide bonds. The standard InChI is InChI=1S/C13H27NO/c1-2-3-4-5-6-7-8-13(14)12-9-10-15-11-12/h12-13H,2-11,14H2,1H3. The van der Waals surface area contributed by atoms with Crippen LogP contribution < -0.4 is 5.73 Å². The average molecular weight is 213 g/mol. The van der Waals surface area contributed by atoms with Crippen LogP contribution in [0.1, 0.15) is 58.3 Å². The Hall–Kier alpha value is -0.0800. The summed E-state index contributed by atoms with van der Waals surface area (Å²) in [5, 5.41) is 0. The normalized spacial score (nSPS) is 23.2. The molecule has 0 saturated carbocycles. The van der Waals surface area contributed by atoms with Crippen LogP contribution in [0.4, 0.5) is 0 Å². The van der Waals surface area contributed by atoms with Crippen molar-refractivity contribution in [3.05, 3.63) is 0 Å². The fourth-order valence-electron chi connectivity index (χ4n) is 2.29. The van der Waals surface area contributed by atoms with Crippen LogP contribution in [0.2, 0.25) is 0 Å². The maximum absolute atomic E-state index is 6.14. The molecular weight excluding hydrogens is 186 g/mol. The molecule has 1 heterocycles. The second-order valence-electron chi connectivity index (χ2n) is 4.84. The van der Waals surface area contributed by atoms with Gasteiger partial charge in [-0.3, -0.25) is 0 Å². The molecule has 0 aromatic rings. The Morgan fingerprint density at radius 1 is 1.20 bits per heavy atom. The topological polar surface area (TPSA) is 35.2 Å². The molecule has 0 aliphatic carbocycles. The highest BCUT2D eigenvalue weighted by atomic mass is 16.5. The molecule has 1 aliphatic heterocycles. The Labute approximate surface area is 94.6 Å². The summed E-state index contributed by atoms with van der Waals surface area (Å²) in [6, 6.07) is 0.388. The molecule has 0 aromatic carbocycles. The van der Waals surface area contributed by atoms with Gasteiger partial charge in [0, 0.05) is 12.6 Å². The van der Waals surface area contributed by atoms with Gasteiger partial charge in [-0.2, -0.15) is 0 Å². The minimum absolute atomic E-state index is 0.388. The number of rotatable bonds is 8. The Bertz CT molecular complexity index is 143. The highest BCUT2D eigenvalue weighted by Crippen LogP contribution is 2.19. The molecule has 2 nitrogen and oxygen atoms in total. The number of unbranched alkanes of at least 4 members (excludes halogenated alkanes) is 5. The summed E-state index contributed by atoms with van der Waals surface area (Å²) >= 11 is 0. The molecule has 1 fully saturated rings. The lowest BCUT2D eigenvalue weighted by atomic mass is 9.94. The molecule has 0 radical (unpaired) electrons. The first kappa shape index (κ1) is 13.0. The van der Waals surface area contributed by atoms with E-state index in [1.807, 2.05) is 0 Å². The first-order valence-corrected chi connectivity index (χ1v) is 6.68. The van der Waals surface area contributed by atoms with E-state index in [-0.39, 0.29) is 0 Å². The van der Waals surface area contributed by atoms with E-state index in [1.54, 1.807) is 0 Å². The van der Waals surface area contributed by atoms with E-state index in [2.05, 4.69) is 6.92 Å². The maximum Gasteiger partial charge on any atom is 0.0509 e. The van der Waals surface area contributed by atoms with Crippen molar-refractivity contribution in [3.8, 4) is 0 Å². The summed E-state index contributed by atoms with van der Waals surface area (Å²) in [6.45, 7) is 4.09. The van der Waals surface area contributed by atoms with Crippen molar-refractivity contribution in [3.63, 3.8) is 0 Å². The van der Waals surface area contributed by atoms with E-state index in [9.17, 15) is 0 Å². The molecule has 1 rings (SSSR count). The smallest absolute Gasteiger partial charge is 0.0509 e. The first-order valence-electron chi connectivity index (χ1n) is 6.68. The van der Waals surface area contributed by atoms with Gasteiger partial charge < -0.3 is 10.5 Å². The van der Waals surface area contributed by atoms with E-state index < -0.39 is 0 Å². The zero-order chi connectivity index (χ0) is 10.9. The molecule has 1 saturated heterocycles. The summed E-state index contributed by atoms with van der Waals surface area (Å²) in [6.07, 6.45) is 10.6. The third kappa shape index (κ3) is 5.53. The van der Waals surface area contributed by atoms with Crippen molar-refractivity contribution in [2.75, 3.05) is 13.2 Å². The minimum Gasteiger partial charge on any atom is -0.381 e. The lowest BCUT2D eigenvalue weighted by molar-refractivity contribution is 0.179. The van der Waals surface area contributed by atoms with Gasteiger partial charge in [0.15, 0.2) is 0 Å². The Morgan fingerprint density at radius 3 is 2.60 bits per heavy atom. The maximum atomic E-state index is 6.14. The number of hydrogen-bond acceptors (Lipinski definition) is 2. The summed E-state index contributed by atoms with van der Waals surface area (Å²) in [5.74, 6) is 0.639. The van der Waals surface area contributed by atoms with Gasteiger partial charge in [-0.25, -0.2) is 0 Å². The Kier molecular flexibility index (Phi) is 7.03. The second-order valence-corrected chi connectivity index (χ2v) is 4.84. The summed E-state index contributed by atoms with van der Waals surface area (Å²) in [7, 11) is 0. The molecular formula is C13H27NO. The molecule has 2 unspecified atom stereocenters. The molecule has 0 aromatic heterocycles. The molecule has 15 heavy (non-hydrogen) atoms. The van der Waals surface area contributed by atoms with Crippen LogP contribution in [-0.4, -0.2) is 19.3 Å². The minimum atomic E-state index is 0.388. The van der Waals surface area contributed by atoms with Gasteiger partial charge in [-0.05, 0) is 18.8 Å². The quantitative estimate of drug-likeness (QED) is 0.629. The molecule has 2 heteroatoms. The first-order chi connectivity index (χ1) is 7.34. The van der Waals surface area contributed by atoms with Gasteiger partial charge in [0.2, 0.25) is 0 Å². The van der Waals surface area contributed by atoms with Crippen LogP contribution >= 0.6 is 0 Å². The monoisotopic (exact) mass is 213 g/mol. The number of nitrogens with two attached hydrogens (primary N) is 1. The predicted molar refractivity (Wildman–Crippen MR) is 64.9 cm³/mol. The molecule has 0 spiro atoms. The summed E-state index contributed by atoms with van der Waals surface area (Å²) < 4.78 is 5.36. The Balaban J connectivity index is 1.90. The fraction of sp³-hybridized carbons (Fsp3) is 1.00. The Morgan fingerprint density at radius 2 is 1.93 bits per heavy atom. The molecule has 2 N–H and O–H groups in total. The van der Waals surface area contributed by atoms with Crippen molar-refractivity contribution >= 4 is 0 Å². The van der Waals surface area contributed by atoms with E-state index in [1.165, 1.54) is 51.4 Å². The van der Waals surface area contributed by atoms with Crippen molar-refractivity contribution in [1.29, 1.82) is 0 Å². The van der Waals surface area contributed by atoms with Crippen molar-refractivity contribution < 1.29 is 4.74 Å². The van der Waals surface area contributed by atoms with E-state index in [4.69, 9.17) is 10.5 Å². The van der Waals surface area contributed by atoms with Crippen LogP contribution in [0, 0.1) is 5.92 Å². The zero-order valence-electron chi connectivity index (χ0n) is 10.2. The van der Waals surface area contributed by atoms with E-state index >= 15 is 0 Å². The predicted octanol–water partition coefficient (Wildman–Crippen LogP) is 3.10. The van der Waals surface area contributed by atoms with Gasteiger partial charge in [-0.15, -0.1) is 0 Å². The van der Waals surface area contributed by atoms with Crippen molar-refractivity contribution in [1.82, 2.24) is 0 Å². The van der Waals surface area contributed by atoms with E-state index in [0.717, 1.165) is 13.2 Å². The van der Waals surface area contributed by atoms with Crippen molar-refractivity contribution in [2.45, 2.75) is 64.3 Å². The fourth-order valence-corrected chi connectivity index (χ4v) is 2.29.